The second-order valence-corrected chi connectivity index (χ2v) is 6.22. The van der Waals surface area contributed by atoms with E-state index >= 15 is 0 Å². The molecular weight excluding hydrogens is 280 g/mol. The van der Waals surface area contributed by atoms with Crippen molar-refractivity contribution in [2.24, 2.45) is 11.8 Å². The summed E-state index contributed by atoms with van der Waals surface area (Å²) < 4.78 is 0. The van der Waals surface area contributed by atoms with Gasteiger partial charge < -0.3 is 15.5 Å². The van der Waals surface area contributed by atoms with E-state index in [1.54, 1.807) is 25.4 Å². The van der Waals surface area contributed by atoms with Crippen LogP contribution in [-0.4, -0.2) is 48.4 Å². The van der Waals surface area contributed by atoms with Crippen molar-refractivity contribution in [2.45, 2.75) is 25.3 Å². The predicted molar refractivity (Wildman–Crippen MR) is 83.5 cm³/mol. The minimum atomic E-state index is -0.0135. The fourth-order valence-corrected chi connectivity index (χ4v) is 3.68. The second-order valence-electron chi connectivity index (χ2n) is 6.22. The van der Waals surface area contributed by atoms with Gasteiger partial charge in [0.05, 0.1) is 5.56 Å². The highest BCUT2D eigenvalue weighted by Crippen LogP contribution is 2.38. The fraction of sp³-hybridized carbons (Fsp3) is 0.562. The highest BCUT2D eigenvalue weighted by atomic mass is 16.2. The van der Waals surface area contributed by atoms with Crippen LogP contribution >= 0.6 is 0 Å². The first-order chi connectivity index (χ1) is 10.6. The monoisotopic (exact) mass is 302 g/mol. The minimum Gasteiger partial charge on any atom is -0.372 e. The molecule has 3 rings (SSSR count). The highest BCUT2D eigenvalue weighted by molar-refractivity contribution is 5.98. The lowest BCUT2D eigenvalue weighted by Gasteiger charge is -2.25. The number of rotatable bonds is 3. The van der Waals surface area contributed by atoms with Gasteiger partial charge in [-0.3, -0.25) is 9.59 Å². The van der Waals surface area contributed by atoms with Crippen LogP contribution < -0.4 is 10.6 Å². The number of hydrogen-bond donors (Lipinski definition) is 2. The van der Waals surface area contributed by atoms with Crippen LogP contribution in [0.5, 0.6) is 0 Å². The topological polar surface area (TPSA) is 74.3 Å². The van der Waals surface area contributed by atoms with Crippen molar-refractivity contribution in [2.75, 3.05) is 26.0 Å². The molecule has 22 heavy (non-hydrogen) atoms. The number of fused-ring (bicyclic) bond motifs is 1. The smallest absolute Gasteiger partial charge is 0.257 e. The molecule has 3 atom stereocenters. The van der Waals surface area contributed by atoms with E-state index in [-0.39, 0.29) is 17.9 Å². The maximum absolute atomic E-state index is 12.7. The SMILES string of the molecule is CNc1ncccc1C(=O)N(C)[C@H]1C[C@H]2CNC(=O)C[C@H]2C1. The van der Waals surface area contributed by atoms with Gasteiger partial charge in [0.1, 0.15) is 5.82 Å². The molecule has 2 amide bonds. The van der Waals surface area contributed by atoms with Crippen molar-refractivity contribution in [1.82, 2.24) is 15.2 Å². The third kappa shape index (κ3) is 2.65. The highest BCUT2D eigenvalue weighted by Gasteiger charge is 2.40. The van der Waals surface area contributed by atoms with Crippen LogP contribution in [0.1, 0.15) is 29.6 Å². The molecule has 0 unspecified atom stereocenters. The largest absolute Gasteiger partial charge is 0.372 e. The van der Waals surface area contributed by atoms with Crippen LogP contribution in [0.15, 0.2) is 18.3 Å². The molecule has 6 nitrogen and oxygen atoms in total. The molecule has 2 N–H and O–H groups in total. The van der Waals surface area contributed by atoms with E-state index in [1.807, 2.05) is 11.9 Å². The number of amides is 2. The number of piperidine rings is 1. The van der Waals surface area contributed by atoms with Crippen LogP contribution in [0.25, 0.3) is 0 Å². The molecule has 0 aromatic carbocycles. The molecule has 2 fully saturated rings. The molecule has 0 bridgehead atoms. The molecule has 1 aromatic heterocycles. The van der Waals surface area contributed by atoms with E-state index in [0.717, 1.165) is 19.4 Å². The molecule has 1 aromatic rings. The molecule has 1 saturated carbocycles. The van der Waals surface area contributed by atoms with Gasteiger partial charge in [0.2, 0.25) is 5.91 Å². The lowest BCUT2D eigenvalue weighted by atomic mass is 9.89. The molecule has 0 spiro atoms. The number of anilines is 1. The third-order valence-electron chi connectivity index (χ3n) is 4.97. The van der Waals surface area contributed by atoms with Crippen molar-refractivity contribution < 1.29 is 9.59 Å². The zero-order chi connectivity index (χ0) is 15.7. The molecular formula is C16H22N4O2. The van der Waals surface area contributed by atoms with E-state index in [2.05, 4.69) is 15.6 Å². The summed E-state index contributed by atoms with van der Waals surface area (Å²) in [5.41, 5.74) is 0.594. The maximum Gasteiger partial charge on any atom is 0.257 e. The van der Waals surface area contributed by atoms with Gasteiger partial charge in [0.15, 0.2) is 0 Å². The molecule has 118 valence electrons. The van der Waals surface area contributed by atoms with Crippen molar-refractivity contribution in [3.05, 3.63) is 23.9 Å². The Morgan fingerprint density at radius 1 is 1.41 bits per heavy atom. The Balaban J connectivity index is 1.73. The first kappa shape index (κ1) is 14.8. The number of carbonyl (C=O) groups excluding carboxylic acids is 2. The van der Waals surface area contributed by atoms with E-state index in [9.17, 15) is 9.59 Å². The number of pyridine rings is 1. The van der Waals surface area contributed by atoms with Crippen LogP contribution in [-0.2, 0) is 4.79 Å². The second kappa shape index (κ2) is 5.94. The molecule has 0 radical (unpaired) electrons. The first-order valence-electron chi connectivity index (χ1n) is 7.76. The van der Waals surface area contributed by atoms with Crippen LogP contribution in [0.2, 0.25) is 0 Å². The van der Waals surface area contributed by atoms with Gasteiger partial charge in [-0.2, -0.15) is 0 Å². The van der Waals surface area contributed by atoms with E-state index in [1.165, 1.54) is 0 Å². The van der Waals surface area contributed by atoms with Crippen molar-refractivity contribution in [1.29, 1.82) is 0 Å². The first-order valence-corrected chi connectivity index (χ1v) is 7.76. The number of carbonyl (C=O) groups is 2. The van der Waals surface area contributed by atoms with Gasteiger partial charge in [-0.25, -0.2) is 4.98 Å². The van der Waals surface area contributed by atoms with Crippen molar-refractivity contribution in [3.63, 3.8) is 0 Å². The van der Waals surface area contributed by atoms with Gasteiger partial charge in [0, 0.05) is 39.3 Å². The lowest BCUT2D eigenvalue weighted by Crippen LogP contribution is -2.38. The Morgan fingerprint density at radius 3 is 2.95 bits per heavy atom. The summed E-state index contributed by atoms with van der Waals surface area (Å²) in [7, 11) is 3.62. The summed E-state index contributed by atoms with van der Waals surface area (Å²) in [5, 5.41) is 5.89. The Hall–Kier alpha value is -2.11. The van der Waals surface area contributed by atoms with Crippen LogP contribution in [0.4, 0.5) is 5.82 Å². The molecule has 1 aliphatic carbocycles. The summed E-state index contributed by atoms with van der Waals surface area (Å²) in [6, 6.07) is 3.77. The van der Waals surface area contributed by atoms with Gasteiger partial charge in [0.25, 0.3) is 5.91 Å². The molecule has 2 aliphatic rings. The average molecular weight is 302 g/mol. The van der Waals surface area contributed by atoms with E-state index in [0.29, 0.717) is 29.6 Å². The summed E-state index contributed by atoms with van der Waals surface area (Å²) in [6.07, 6.45) is 4.14. The van der Waals surface area contributed by atoms with E-state index in [4.69, 9.17) is 0 Å². The summed E-state index contributed by atoms with van der Waals surface area (Å²) in [5.74, 6) is 1.63. The summed E-state index contributed by atoms with van der Waals surface area (Å²) in [4.78, 5) is 30.3. The molecule has 2 heterocycles. The zero-order valence-electron chi connectivity index (χ0n) is 13.0. The molecule has 6 heteroatoms. The Bertz CT molecular complexity index is 589. The quantitative estimate of drug-likeness (QED) is 0.877. The van der Waals surface area contributed by atoms with Gasteiger partial charge in [-0.15, -0.1) is 0 Å². The Kier molecular flexibility index (Phi) is 4.00. The Morgan fingerprint density at radius 2 is 2.18 bits per heavy atom. The zero-order valence-corrected chi connectivity index (χ0v) is 13.0. The summed E-state index contributed by atoms with van der Waals surface area (Å²) in [6.45, 7) is 0.747. The molecule has 1 aliphatic heterocycles. The summed E-state index contributed by atoms with van der Waals surface area (Å²) >= 11 is 0. The van der Waals surface area contributed by atoms with E-state index < -0.39 is 0 Å². The third-order valence-corrected chi connectivity index (χ3v) is 4.97. The van der Waals surface area contributed by atoms with Gasteiger partial charge in [-0.05, 0) is 36.8 Å². The van der Waals surface area contributed by atoms with Crippen molar-refractivity contribution >= 4 is 17.6 Å². The number of aromatic nitrogens is 1. The van der Waals surface area contributed by atoms with Crippen LogP contribution in [0.3, 0.4) is 0 Å². The lowest BCUT2D eigenvalue weighted by molar-refractivity contribution is -0.124. The Labute approximate surface area is 130 Å². The predicted octanol–water partition coefficient (Wildman–Crippen LogP) is 1.11. The number of nitrogens with one attached hydrogen (secondary N) is 2. The van der Waals surface area contributed by atoms with Crippen LogP contribution in [0, 0.1) is 11.8 Å². The average Bonchev–Trinajstić information content (AvgIpc) is 2.96. The maximum atomic E-state index is 12.7. The number of nitrogens with zero attached hydrogens (tertiary/aromatic N) is 2. The fourth-order valence-electron chi connectivity index (χ4n) is 3.68. The van der Waals surface area contributed by atoms with Crippen molar-refractivity contribution in [3.8, 4) is 0 Å². The minimum absolute atomic E-state index is 0.0135. The number of hydrogen-bond acceptors (Lipinski definition) is 4. The molecule has 1 saturated heterocycles. The van der Waals surface area contributed by atoms with Gasteiger partial charge in [-0.1, -0.05) is 0 Å². The van der Waals surface area contributed by atoms with Gasteiger partial charge >= 0.3 is 0 Å². The standard InChI is InChI=1S/C16H22N4O2/c1-17-15-13(4-3-5-18-15)16(22)20(2)12-6-10-8-14(21)19-9-11(10)7-12/h3-5,10-12H,6-9H2,1-2H3,(H,17,18)(H,19,21)/t10-,11+,12-/m1/s1. The normalized spacial score (nSPS) is 27.0.